The van der Waals surface area contributed by atoms with Crippen LogP contribution in [-0.4, -0.2) is 63.4 Å². The lowest BCUT2D eigenvalue weighted by molar-refractivity contribution is -0.143. The summed E-state index contributed by atoms with van der Waals surface area (Å²) in [6, 6.07) is 8.89. The van der Waals surface area contributed by atoms with E-state index in [1.165, 1.54) is 11.9 Å². The van der Waals surface area contributed by atoms with Gasteiger partial charge in [-0.3, -0.25) is 14.7 Å². The molecule has 0 saturated heterocycles. The first kappa shape index (κ1) is 23.4. The normalized spacial score (nSPS) is 11.9. The monoisotopic (exact) mass is 472 g/mol. The Morgan fingerprint density at radius 2 is 2.09 bits per heavy atom. The van der Waals surface area contributed by atoms with E-state index in [-0.39, 0.29) is 19.0 Å². The number of carbonyl (C=O) groups is 1. The number of halogens is 3. The van der Waals surface area contributed by atoms with Gasteiger partial charge in [0.05, 0.1) is 35.6 Å². The first-order valence-corrected chi connectivity index (χ1v) is 10.6. The van der Waals surface area contributed by atoms with Gasteiger partial charge in [-0.05, 0) is 50.3 Å². The van der Waals surface area contributed by atoms with Gasteiger partial charge in [0.15, 0.2) is 5.65 Å². The number of furan rings is 1. The van der Waals surface area contributed by atoms with Crippen molar-refractivity contribution < 1.29 is 22.4 Å². The van der Waals surface area contributed by atoms with Gasteiger partial charge in [0, 0.05) is 24.5 Å². The van der Waals surface area contributed by atoms with Gasteiger partial charge >= 0.3 is 6.18 Å². The highest BCUT2D eigenvalue weighted by Crippen LogP contribution is 2.25. The molecular weight excluding hydrogens is 449 g/mol. The van der Waals surface area contributed by atoms with E-state index < -0.39 is 12.7 Å². The second kappa shape index (κ2) is 10.0. The molecule has 1 amide bonds. The van der Waals surface area contributed by atoms with E-state index in [4.69, 9.17) is 9.40 Å². The fourth-order valence-corrected chi connectivity index (χ4v) is 3.59. The minimum atomic E-state index is -4.25. The standard InChI is InChI=1S/C23H23F3N6O2/c1-31(15-23(24,25)26)9-4-8-28-22(33)18-11-20(16-5-2-7-27-12-16)30-21-19(18)13-29-32(21)14-17-6-3-10-34-17/h2-3,5-7,10-13H,4,8-9,14-15H2,1H3,(H,28,33). The summed E-state index contributed by atoms with van der Waals surface area (Å²) in [5.74, 6) is 0.334. The Hall–Kier alpha value is -3.73. The lowest BCUT2D eigenvalue weighted by atomic mass is 10.1. The van der Waals surface area contributed by atoms with Gasteiger partial charge in [-0.15, -0.1) is 0 Å². The van der Waals surface area contributed by atoms with Crippen molar-refractivity contribution >= 4 is 16.9 Å². The van der Waals surface area contributed by atoms with Crippen LogP contribution >= 0.6 is 0 Å². The molecular formula is C23H23F3N6O2. The molecule has 1 N–H and O–H groups in total. The Bertz CT molecular complexity index is 1240. The second-order valence-electron chi connectivity index (χ2n) is 7.88. The number of nitrogens with zero attached hydrogens (tertiary/aromatic N) is 5. The van der Waals surface area contributed by atoms with Crippen LogP contribution in [-0.2, 0) is 6.54 Å². The molecule has 0 radical (unpaired) electrons. The van der Waals surface area contributed by atoms with Gasteiger partial charge in [0.1, 0.15) is 12.3 Å². The molecule has 8 nitrogen and oxygen atoms in total. The van der Waals surface area contributed by atoms with Crippen LogP contribution in [0.5, 0.6) is 0 Å². The lowest BCUT2D eigenvalue weighted by Crippen LogP contribution is -2.33. The van der Waals surface area contributed by atoms with Crippen LogP contribution in [0.3, 0.4) is 0 Å². The Morgan fingerprint density at radius 1 is 1.24 bits per heavy atom. The maximum absolute atomic E-state index is 13.0. The zero-order valence-electron chi connectivity index (χ0n) is 18.4. The van der Waals surface area contributed by atoms with Crippen LogP contribution in [0.1, 0.15) is 22.5 Å². The minimum Gasteiger partial charge on any atom is -0.467 e. The number of carbonyl (C=O) groups excluding carboxylic acids is 1. The van der Waals surface area contributed by atoms with Gasteiger partial charge in [0.25, 0.3) is 5.91 Å². The number of alkyl halides is 3. The zero-order chi connectivity index (χ0) is 24.1. The minimum absolute atomic E-state index is 0.202. The molecule has 178 valence electrons. The molecule has 0 aliphatic carbocycles. The number of rotatable bonds is 9. The third kappa shape index (κ3) is 5.79. The highest BCUT2D eigenvalue weighted by molar-refractivity contribution is 6.06. The van der Waals surface area contributed by atoms with Gasteiger partial charge in [-0.25, -0.2) is 9.67 Å². The van der Waals surface area contributed by atoms with E-state index in [0.717, 1.165) is 5.56 Å². The Kier molecular flexibility index (Phi) is 6.92. The van der Waals surface area contributed by atoms with Crippen molar-refractivity contribution in [3.05, 3.63) is 66.5 Å². The van der Waals surface area contributed by atoms with Crippen LogP contribution in [0.15, 0.2) is 59.6 Å². The van der Waals surface area contributed by atoms with E-state index in [1.807, 2.05) is 12.1 Å². The second-order valence-corrected chi connectivity index (χ2v) is 7.88. The van der Waals surface area contributed by atoms with E-state index in [1.54, 1.807) is 47.7 Å². The average molecular weight is 472 g/mol. The fourth-order valence-electron chi connectivity index (χ4n) is 3.59. The number of fused-ring (bicyclic) bond motifs is 1. The molecule has 0 atom stereocenters. The van der Waals surface area contributed by atoms with E-state index in [0.29, 0.717) is 41.0 Å². The fraction of sp³-hybridized carbons (Fsp3) is 0.304. The molecule has 34 heavy (non-hydrogen) atoms. The van der Waals surface area contributed by atoms with Crippen molar-refractivity contribution in [2.24, 2.45) is 0 Å². The molecule has 0 unspecified atom stereocenters. The van der Waals surface area contributed by atoms with Crippen molar-refractivity contribution in [2.45, 2.75) is 19.1 Å². The number of aromatic nitrogens is 4. The zero-order valence-corrected chi connectivity index (χ0v) is 18.4. The van der Waals surface area contributed by atoms with Crippen LogP contribution in [0.25, 0.3) is 22.3 Å². The van der Waals surface area contributed by atoms with E-state index in [2.05, 4.69) is 15.4 Å². The highest BCUT2D eigenvalue weighted by Gasteiger charge is 2.28. The van der Waals surface area contributed by atoms with Gasteiger partial charge in [0.2, 0.25) is 0 Å². The molecule has 0 saturated carbocycles. The summed E-state index contributed by atoms with van der Waals surface area (Å²) in [7, 11) is 1.40. The van der Waals surface area contributed by atoms with Gasteiger partial charge < -0.3 is 9.73 Å². The maximum atomic E-state index is 13.0. The molecule has 4 aromatic rings. The molecule has 0 aliphatic heterocycles. The third-order valence-electron chi connectivity index (χ3n) is 5.15. The number of nitrogens with one attached hydrogen (secondary N) is 1. The average Bonchev–Trinajstić information content (AvgIpc) is 3.46. The predicted octanol–water partition coefficient (Wildman–Crippen LogP) is 3.75. The summed E-state index contributed by atoms with van der Waals surface area (Å²) in [5, 5.41) is 7.75. The molecule has 0 bridgehead atoms. The van der Waals surface area contributed by atoms with Crippen LogP contribution in [0.2, 0.25) is 0 Å². The Morgan fingerprint density at radius 3 is 2.79 bits per heavy atom. The smallest absolute Gasteiger partial charge is 0.401 e. The molecule has 0 aromatic carbocycles. The van der Waals surface area contributed by atoms with Crippen LogP contribution in [0.4, 0.5) is 13.2 Å². The Balaban J connectivity index is 1.55. The number of pyridine rings is 2. The van der Waals surface area contributed by atoms with Crippen LogP contribution in [0, 0.1) is 0 Å². The summed E-state index contributed by atoms with van der Waals surface area (Å²) >= 11 is 0. The van der Waals surface area contributed by atoms with Crippen molar-refractivity contribution in [3.8, 4) is 11.3 Å². The summed E-state index contributed by atoms with van der Waals surface area (Å²) in [4.78, 5) is 23.0. The van der Waals surface area contributed by atoms with Crippen molar-refractivity contribution in [1.82, 2.24) is 30.0 Å². The van der Waals surface area contributed by atoms with Gasteiger partial charge in [-0.2, -0.15) is 18.3 Å². The van der Waals surface area contributed by atoms with Crippen molar-refractivity contribution in [2.75, 3.05) is 26.7 Å². The topological polar surface area (TPSA) is 89.1 Å². The number of hydrogen-bond donors (Lipinski definition) is 1. The highest BCUT2D eigenvalue weighted by atomic mass is 19.4. The third-order valence-corrected chi connectivity index (χ3v) is 5.15. The summed E-state index contributed by atoms with van der Waals surface area (Å²) in [6.45, 7) is -0.219. The molecule has 4 aromatic heterocycles. The van der Waals surface area contributed by atoms with Crippen LogP contribution < -0.4 is 5.32 Å². The first-order valence-electron chi connectivity index (χ1n) is 10.6. The summed E-state index contributed by atoms with van der Waals surface area (Å²) in [6.07, 6.45) is 2.57. The SMILES string of the molecule is CN(CCCNC(=O)c1cc(-c2cccnc2)nc2c1cnn2Cc1ccco1)CC(F)(F)F. The first-order chi connectivity index (χ1) is 16.3. The molecule has 0 aliphatic rings. The van der Waals surface area contributed by atoms with E-state index >= 15 is 0 Å². The Labute approximate surface area is 193 Å². The molecule has 11 heteroatoms. The molecule has 4 heterocycles. The van der Waals surface area contributed by atoms with E-state index in [9.17, 15) is 18.0 Å². The van der Waals surface area contributed by atoms with Gasteiger partial charge in [-0.1, -0.05) is 0 Å². The van der Waals surface area contributed by atoms with Crippen molar-refractivity contribution in [1.29, 1.82) is 0 Å². The lowest BCUT2D eigenvalue weighted by Gasteiger charge is -2.18. The van der Waals surface area contributed by atoms with Crippen molar-refractivity contribution in [3.63, 3.8) is 0 Å². The molecule has 0 spiro atoms. The number of hydrogen-bond acceptors (Lipinski definition) is 6. The summed E-state index contributed by atoms with van der Waals surface area (Å²) in [5.41, 5.74) is 2.17. The molecule has 0 fully saturated rings. The molecule has 4 rings (SSSR count). The quantitative estimate of drug-likeness (QED) is 0.373. The maximum Gasteiger partial charge on any atom is 0.401 e. The predicted molar refractivity (Wildman–Crippen MR) is 119 cm³/mol. The largest absolute Gasteiger partial charge is 0.467 e. The summed E-state index contributed by atoms with van der Waals surface area (Å²) < 4.78 is 44.5. The number of amides is 1.